The first-order valence-corrected chi connectivity index (χ1v) is 7.83. The Bertz CT molecular complexity index is 630. The Morgan fingerprint density at radius 2 is 2.05 bits per heavy atom. The van der Waals surface area contributed by atoms with Gasteiger partial charge < -0.3 is 10.4 Å². The van der Waals surface area contributed by atoms with E-state index in [0.29, 0.717) is 0 Å². The van der Waals surface area contributed by atoms with E-state index in [4.69, 9.17) is 9.29 Å². The molecular weight excluding hydrogens is 327 g/mol. The molecule has 6 nitrogen and oxygen atoms in total. The Morgan fingerprint density at radius 1 is 1.41 bits per heavy atom. The van der Waals surface area contributed by atoms with Gasteiger partial charge in [-0.25, -0.2) is 4.79 Å². The van der Waals surface area contributed by atoms with Crippen LogP contribution in [0, 0.1) is 0 Å². The van der Waals surface area contributed by atoms with Gasteiger partial charge in [-0.1, -0.05) is 12.1 Å². The Hall–Kier alpha value is -1.81. The predicted molar refractivity (Wildman–Crippen MR) is 70.8 cm³/mol. The van der Waals surface area contributed by atoms with Crippen molar-refractivity contribution in [2.45, 2.75) is 18.7 Å². The Labute approximate surface area is 125 Å². The van der Waals surface area contributed by atoms with Gasteiger partial charge in [0.25, 0.3) is 10.1 Å². The largest absolute Gasteiger partial charge is 0.465 e. The molecule has 0 aliphatic carbocycles. The van der Waals surface area contributed by atoms with E-state index in [9.17, 15) is 26.4 Å². The second-order valence-electron chi connectivity index (χ2n) is 4.43. The van der Waals surface area contributed by atoms with Crippen molar-refractivity contribution in [3.63, 3.8) is 0 Å². The van der Waals surface area contributed by atoms with Gasteiger partial charge in [0.2, 0.25) is 0 Å². The van der Waals surface area contributed by atoms with Gasteiger partial charge in [-0.3, -0.25) is 4.18 Å². The smallest absolute Gasteiger partial charge is 0.416 e. The fourth-order valence-electron chi connectivity index (χ4n) is 1.71. The van der Waals surface area contributed by atoms with Crippen LogP contribution >= 0.6 is 0 Å². The number of carbonyl (C=O) groups is 1. The van der Waals surface area contributed by atoms with Crippen LogP contribution in [-0.4, -0.2) is 32.4 Å². The quantitative estimate of drug-likeness (QED) is 0.775. The van der Waals surface area contributed by atoms with Crippen molar-refractivity contribution in [2.75, 3.05) is 12.8 Å². The molecule has 124 valence electrons. The van der Waals surface area contributed by atoms with Crippen molar-refractivity contribution in [1.82, 2.24) is 5.32 Å². The maximum absolute atomic E-state index is 12.7. The number of alkyl halides is 3. The first-order valence-electron chi connectivity index (χ1n) is 6.01. The molecule has 0 aliphatic heterocycles. The Balaban J connectivity index is 3.02. The van der Waals surface area contributed by atoms with Crippen molar-refractivity contribution in [2.24, 2.45) is 0 Å². The molecular formula is C12H14F3NO5S. The summed E-state index contributed by atoms with van der Waals surface area (Å²) >= 11 is 0. The van der Waals surface area contributed by atoms with Gasteiger partial charge in [0.05, 0.1) is 11.8 Å². The van der Waals surface area contributed by atoms with Crippen LogP contribution in [0.15, 0.2) is 24.3 Å². The van der Waals surface area contributed by atoms with Crippen LogP contribution < -0.4 is 5.32 Å². The molecule has 22 heavy (non-hydrogen) atoms. The first-order chi connectivity index (χ1) is 9.99. The van der Waals surface area contributed by atoms with Crippen molar-refractivity contribution >= 4 is 16.2 Å². The molecule has 0 radical (unpaired) electrons. The normalized spacial score (nSPS) is 13.6. The van der Waals surface area contributed by atoms with Gasteiger partial charge >= 0.3 is 12.3 Å². The number of halogens is 3. The van der Waals surface area contributed by atoms with Crippen LogP contribution in [0.5, 0.6) is 0 Å². The number of nitrogens with one attached hydrogen (secondary N) is 1. The molecule has 0 spiro atoms. The highest BCUT2D eigenvalue weighted by molar-refractivity contribution is 7.86. The third-order valence-electron chi connectivity index (χ3n) is 2.56. The molecule has 0 aromatic heterocycles. The highest BCUT2D eigenvalue weighted by Crippen LogP contribution is 2.32. The summed E-state index contributed by atoms with van der Waals surface area (Å²) in [5, 5.41) is 10.5. The standard InChI is InChI=1S/C12H14F3NO5S/c1-22(19,20)21-10(5-6-16-11(17)18)8-3-2-4-9(7-8)12(13,14)15/h2-4,7,10,16H,5-6H2,1H3,(H,17,18)/t10-/m0/s1. The topological polar surface area (TPSA) is 92.7 Å². The summed E-state index contributed by atoms with van der Waals surface area (Å²) in [4.78, 5) is 10.4. The average Bonchev–Trinajstić information content (AvgIpc) is 2.35. The minimum Gasteiger partial charge on any atom is -0.465 e. The molecule has 1 aromatic carbocycles. The van der Waals surface area contributed by atoms with E-state index >= 15 is 0 Å². The SMILES string of the molecule is CS(=O)(=O)O[C@@H](CCNC(=O)O)c1cccc(C(F)(F)F)c1. The lowest BCUT2D eigenvalue weighted by molar-refractivity contribution is -0.137. The molecule has 0 unspecified atom stereocenters. The van der Waals surface area contributed by atoms with Gasteiger partial charge in [0, 0.05) is 6.54 Å². The molecule has 1 rings (SSSR count). The van der Waals surface area contributed by atoms with Crippen LogP contribution in [0.25, 0.3) is 0 Å². The fourth-order valence-corrected chi connectivity index (χ4v) is 2.34. The summed E-state index contributed by atoms with van der Waals surface area (Å²) in [6, 6.07) is 4.03. The zero-order chi connectivity index (χ0) is 17.0. The van der Waals surface area contributed by atoms with E-state index in [1.807, 2.05) is 5.32 Å². The number of hydrogen-bond acceptors (Lipinski definition) is 4. The van der Waals surface area contributed by atoms with Crippen molar-refractivity contribution in [3.8, 4) is 0 Å². The third-order valence-corrected chi connectivity index (χ3v) is 3.14. The van der Waals surface area contributed by atoms with Crippen LogP contribution in [0.2, 0.25) is 0 Å². The van der Waals surface area contributed by atoms with E-state index in [2.05, 4.69) is 0 Å². The molecule has 0 heterocycles. The molecule has 0 saturated carbocycles. The van der Waals surface area contributed by atoms with Crippen molar-refractivity contribution < 1.29 is 35.7 Å². The van der Waals surface area contributed by atoms with Gasteiger partial charge in [0.15, 0.2) is 0 Å². The number of benzene rings is 1. The summed E-state index contributed by atoms with van der Waals surface area (Å²) in [7, 11) is -3.93. The summed E-state index contributed by atoms with van der Waals surface area (Å²) in [6.45, 7) is -0.175. The number of hydrogen-bond donors (Lipinski definition) is 2. The van der Waals surface area contributed by atoms with Gasteiger partial charge in [0.1, 0.15) is 6.10 Å². The number of amides is 1. The van der Waals surface area contributed by atoms with Crippen LogP contribution in [-0.2, 0) is 20.5 Å². The number of carboxylic acid groups (broad SMARTS) is 1. The average molecular weight is 341 g/mol. The summed E-state index contributed by atoms with van der Waals surface area (Å²) in [6.07, 6.45) is -6.50. The second kappa shape index (κ2) is 6.97. The fraction of sp³-hybridized carbons (Fsp3) is 0.417. The summed E-state index contributed by atoms with van der Waals surface area (Å²) in [5.74, 6) is 0. The highest BCUT2D eigenvalue weighted by Gasteiger charge is 2.31. The van der Waals surface area contributed by atoms with Crippen molar-refractivity contribution in [1.29, 1.82) is 0 Å². The van der Waals surface area contributed by atoms with E-state index in [0.717, 1.165) is 24.5 Å². The summed E-state index contributed by atoms with van der Waals surface area (Å²) < 4.78 is 65.2. The van der Waals surface area contributed by atoms with Gasteiger partial charge in [-0.2, -0.15) is 21.6 Å². The van der Waals surface area contributed by atoms with Crippen LogP contribution in [0.4, 0.5) is 18.0 Å². The lowest BCUT2D eigenvalue weighted by Gasteiger charge is -2.18. The first kappa shape index (κ1) is 18.2. The van der Waals surface area contributed by atoms with Gasteiger partial charge in [-0.05, 0) is 24.1 Å². The molecule has 1 atom stereocenters. The highest BCUT2D eigenvalue weighted by atomic mass is 32.2. The monoisotopic (exact) mass is 341 g/mol. The zero-order valence-electron chi connectivity index (χ0n) is 11.4. The Morgan fingerprint density at radius 3 is 2.55 bits per heavy atom. The maximum atomic E-state index is 12.7. The minimum absolute atomic E-state index is 0.00700. The molecule has 1 amide bonds. The van der Waals surface area contributed by atoms with Crippen LogP contribution in [0.3, 0.4) is 0 Å². The lowest BCUT2D eigenvalue weighted by Crippen LogP contribution is -2.24. The second-order valence-corrected chi connectivity index (χ2v) is 6.03. The zero-order valence-corrected chi connectivity index (χ0v) is 12.2. The van der Waals surface area contributed by atoms with E-state index in [-0.39, 0.29) is 18.5 Å². The van der Waals surface area contributed by atoms with Crippen molar-refractivity contribution in [3.05, 3.63) is 35.4 Å². The summed E-state index contributed by atoms with van der Waals surface area (Å²) in [5.41, 5.74) is -0.953. The molecule has 2 N–H and O–H groups in total. The molecule has 0 fully saturated rings. The third kappa shape index (κ3) is 6.31. The molecule has 1 aromatic rings. The molecule has 10 heteroatoms. The lowest BCUT2D eigenvalue weighted by atomic mass is 10.0. The molecule has 0 saturated heterocycles. The van der Waals surface area contributed by atoms with E-state index in [1.165, 1.54) is 6.07 Å². The number of rotatable bonds is 6. The van der Waals surface area contributed by atoms with Gasteiger partial charge in [-0.15, -0.1) is 0 Å². The minimum atomic E-state index is -4.58. The van der Waals surface area contributed by atoms with E-state index < -0.39 is 34.1 Å². The van der Waals surface area contributed by atoms with Crippen LogP contribution in [0.1, 0.15) is 23.7 Å². The predicted octanol–water partition coefficient (Wildman–Crippen LogP) is 2.38. The van der Waals surface area contributed by atoms with E-state index in [1.54, 1.807) is 0 Å². The maximum Gasteiger partial charge on any atom is 0.416 e. The Kier molecular flexibility index (Phi) is 5.78. The molecule has 0 aliphatic rings. The molecule has 0 bridgehead atoms.